The third kappa shape index (κ3) is 3.38. The minimum Gasteiger partial charge on any atom is -0.468 e. The molecule has 28 heavy (non-hydrogen) atoms. The van der Waals surface area contributed by atoms with E-state index in [4.69, 9.17) is 4.74 Å². The molecule has 2 aromatic heterocycles. The molecule has 4 rings (SSSR count). The van der Waals surface area contributed by atoms with Crippen LogP contribution in [0.15, 0.2) is 54.9 Å². The fraction of sp³-hybridized carbons (Fsp3) is 0.318. The predicted octanol–water partition coefficient (Wildman–Crippen LogP) is 2.70. The van der Waals surface area contributed by atoms with E-state index >= 15 is 0 Å². The van der Waals surface area contributed by atoms with Crippen molar-refractivity contribution in [1.29, 1.82) is 0 Å². The second kappa shape index (κ2) is 7.46. The van der Waals surface area contributed by atoms with Crippen LogP contribution < -0.4 is 5.32 Å². The minimum atomic E-state index is -0.957. The maximum atomic E-state index is 12.4. The van der Waals surface area contributed by atoms with E-state index in [9.17, 15) is 9.59 Å². The van der Waals surface area contributed by atoms with E-state index < -0.39 is 11.4 Å². The number of carbonyl (C=O) groups is 2. The number of carbonyl (C=O) groups excluding carboxylic acids is 2. The molecule has 0 atom stereocenters. The van der Waals surface area contributed by atoms with Gasteiger partial charge in [0.05, 0.1) is 19.3 Å². The normalized spacial score (nSPS) is 14.6. The SMILES string of the molecule is COC(=O)C1(C(=O)NCCc2cn(Cc3ccccn3)c3ccccc23)CC1. The standard InChI is InChI=1S/C22H23N3O3/c1-28-21(27)22(10-11-22)20(26)24-13-9-16-14-25(15-17-6-4-5-12-23-17)19-8-3-2-7-18(16)19/h2-8,12,14H,9-11,13,15H2,1H3,(H,24,26). The molecule has 0 bridgehead atoms. The molecule has 1 amide bonds. The summed E-state index contributed by atoms with van der Waals surface area (Å²) < 4.78 is 6.96. The van der Waals surface area contributed by atoms with Crippen molar-refractivity contribution in [3.63, 3.8) is 0 Å². The summed E-state index contributed by atoms with van der Waals surface area (Å²) in [5.74, 6) is -0.659. The van der Waals surface area contributed by atoms with Crippen LogP contribution in [0.4, 0.5) is 0 Å². The Morgan fingerprint density at radius 1 is 1.18 bits per heavy atom. The van der Waals surface area contributed by atoms with Gasteiger partial charge in [-0.25, -0.2) is 0 Å². The average molecular weight is 377 g/mol. The Labute approximate surface area is 163 Å². The molecule has 0 unspecified atom stereocenters. The van der Waals surface area contributed by atoms with Crippen molar-refractivity contribution in [2.45, 2.75) is 25.8 Å². The number of aromatic nitrogens is 2. The average Bonchev–Trinajstić information content (AvgIpc) is 3.48. The van der Waals surface area contributed by atoms with Crippen molar-refractivity contribution in [2.24, 2.45) is 5.41 Å². The van der Waals surface area contributed by atoms with Crippen molar-refractivity contribution >= 4 is 22.8 Å². The van der Waals surface area contributed by atoms with Crippen molar-refractivity contribution in [3.8, 4) is 0 Å². The van der Waals surface area contributed by atoms with Gasteiger partial charge >= 0.3 is 5.97 Å². The van der Waals surface area contributed by atoms with Crippen LogP contribution in [0.25, 0.3) is 10.9 Å². The number of fused-ring (bicyclic) bond motifs is 1. The largest absolute Gasteiger partial charge is 0.468 e. The molecule has 2 heterocycles. The monoisotopic (exact) mass is 377 g/mol. The number of para-hydroxylation sites is 1. The van der Waals surface area contributed by atoms with Gasteiger partial charge in [-0.2, -0.15) is 0 Å². The molecular weight excluding hydrogens is 354 g/mol. The van der Waals surface area contributed by atoms with Crippen molar-refractivity contribution in [1.82, 2.24) is 14.9 Å². The van der Waals surface area contributed by atoms with Gasteiger partial charge in [-0.1, -0.05) is 24.3 Å². The second-order valence-corrected chi connectivity index (χ2v) is 7.20. The molecular formula is C22H23N3O3. The van der Waals surface area contributed by atoms with Gasteiger partial charge < -0.3 is 14.6 Å². The van der Waals surface area contributed by atoms with Gasteiger partial charge in [-0.15, -0.1) is 0 Å². The molecule has 1 aliphatic rings. The molecule has 6 heteroatoms. The molecule has 0 radical (unpaired) electrons. The molecule has 1 aliphatic carbocycles. The third-order valence-electron chi connectivity index (χ3n) is 5.37. The molecule has 0 aliphatic heterocycles. The molecule has 6 nitrogen and oxygen atoms in total. The number of hydrogen-bond donors (Lipinski definition) is 1. The lowest BCUT2D eigenvalue weighted by molar-refractivity contribution is -0.152. The van der Waals surface area contributed by atoms with Gasteiger partial charge in [0.25, 0.3) is 0 Å². The molecule has 1 aromatic carbocycles. The van der Waals surface area contributed by atoms with E-state index in [0.717, 1.165) is 16.8 Å². The number of hydrogen-bond acceptors (Lipinski definition) is 4. The van der Waals surface area contributed by atoms with Crippen LogP contribution in [0.2, 0.25) is 0 Å². The van der Waals surface area contributed by atoms with Crippen LogP contribution in [0.1, 0.15) is 24.1 Å². The fourth-order valence-electron chi connectivity index (χ4n) is 3.64. The Kier molecular flexibility index (Phi) is 4.86. The van der Waals surface area contributed by atoms with E-state index in [0.29, 0.717) is 32.4 Å². The highest BCUT2D eigenvalue weighted by Gasteiger charge is 2.57. The number of esters is 1. The van der Waals surface area contributed by atoms with Crippen molar-refractivity contribution < 1.29 is 14.3 Å². The van der Waals surface area contributed by atoms with E-state index in [2.05, 4.69) is 33.2 Å². The Hall–Kier alpha value is -3.15. The maximum Gasteiger partial charge on any atom is 0.321 e. The first kappa shape index (κ1) is 18.2. The van der Waals surface area contributed by atoms with E-state index in [1.807, 2.05) is 30.3 Å². The predicted molar refractivity (Wildman–Crippen MR) is 106 cm³/mol. The molecule has 0 spiro atoms. The molecule has 1 N–H and O–H groups in total. The summed E-state index contributed by atoms with van der Waals surface area (Å²) in [6.07, 6.45) is 5.74. The van der Waals surface area contributed by atoms with Gasteiger partial charge in [0.15, 0.2) is 0 Å². The Bertz CT molecular complexity index is 1010. The van der Waals surface area contributed by atoms with Crippen LogP contribution in [0.5, 0.6) is 0 Å². The highest BCUT2D eigenvalue weighted by Crippen LogP contribution is 2.46. The maximum absolute atomic E-state index is 12.4. The van der Waals surface area contributed by atoms with Crippen LogP contribution in [0, 0.1) is 5.41 Å². The van der Waals surface area contributed by atoms with Crippen LogP contribution in [0.3, 0.4) is 0 Å². The third-order valence-corrected chi connectivity index (χ3v) is 5.37. The summed E-state index contributed by atoms with van der Waals surface area (Å²) in [5, 5.41) is 4.08. The van der Waals surface area contributed by atoms with Gasteiger partial charge in [-0.05, 0) is 43.0 Å². The number of nitrogens with one attached hydrogen (secondary N) is 1. The summed E-state index contributed by atoms with van der Waals surface area (Å²) >= 11 is 0. The number of methoxy groups -OCH3 is 1. The van der Waals surface area contributed by atoms with E-state index in [1.165, 1.54) is 12.5 Å². The smallest absolute Gasteiger partial charge is 0.321 e. The number of amides is 1. The Morgan fingerprint density at radius 2 is 1.96 bits per heavy atom. The number of benzene rings is 1. The van der Waals surface area contributed by atoms with Gasteiger partial charge in [0.2, 0.25) is 5.91 Å². The van der Waals surface area contributed by atoms with E-state index in [-0.39, 0.29) is 5.91 Å². The topological polar surface area (TPSA) is 73.2 Å². The Morgan fingerprint density at radius 3 is 2.68 bits per heavy atom. The lowest BCUT2D eigenvalue weighted by atomic mass is 10.1. The number of rotatable bonds is 7. The molecule has 1 fully saturated rings. The zero-order valence-electron chi connectivity index (χ0n) is 15.9. The van der Waals surface area contributed by atoms with Crippen molar-refractivity contribution in [2.75, 3.05) is 13.7 Å². The second-order valence-electron chi connectivity index (χ2n) is 7.20. The molecule has 0 saturated heterocycles. The first-order chi connectivity index (χ1) is 13.6. The molecule has 1 saturated carbocycles. The van der Waals surface area contributed by atoms with Crippen molar-refractivity contribution in [3.05, 3.63) is 66.1 Å². The summed E-state index contributed by atoms with van der Waals surface area (Å²) in [5.41, 5.74) is 2.34. The lowest BCUT2D eigenvalue weighted by Crippen LogP contribution is -2.38. The first-order valence-corrected chi connectivity index (χ1v) is 9.47. The molecule has 3 aromatic rings. The van der Waals surface area contributed by atoms with Crippen LogP contribution in [-0.4, -0.2) is 35.1 Å². The lowest BCUT2D eigenvalue weighted by Gasteiger charge is -2.12. The fourth-order valence-corrected chi connectivity index (χ4v) is 3.64. The quantitative estimate of drug-likeness (QED) is 0.508. The van der Waals surface area contributed by atoms with Gasteiger partial charge in [0.1, 0.15) is 5.41 Å². The first-order valence-electron chi connectivity index (χ1n) is 9.47. The Balaban J connectivity index is 1.47. The summed E-state index contributed by atoms with van der Waals surface area (Å²) in [7, 11) is 1.33. The number of ether oxygens (including phenoxy) is 1. The number of pyridine rings is 1. The minimum absolute atomic E-state index is 0.225. The van der Waals surface area contributed by atoms with E-state index in [1.54, 1.807) is 6.20 Å². The zero-order chi connectivity index (χ0) is 19.6. The van der Waals surface area contributed by atoms with Crippen LogP contribution in [-0.2, 0) is 27.3 Å². The molecule has 144 valence electrons. The highest BCUT2D eigenvalue weighted by atomic mass is 16.5. The zero-order valence-corrected chi connectivity index (χ0v) is 15.9. The summed E-state index contributed by atoms with van der Waals surface area (Å²) in [4.78, 5) is 28.6. The highest BCUT2D eigenvalue weighted by molar-refractivity contribution is 6.05. The number of nitrogens with zero attached hydrogens (tertiary/aromatic N) is 2. The van der Waals surface area contributed by atoms with Gasteiger partial charge in [-0.3, -0.25) is 14.6 Å². The van der Waals surface area contributed by atoms with Crippen LogP contribution >= 0.6 is 0 Å². The summed E-state index contributed by atoms with van der Waals surface area (Å²) in [6.45, 7) is 1.17. The summed E-state index contributed by atoms with van der Waals surface area (Å²) in [6, 6.07) is 14.1. The van der Waals surface area contributed by atoms with Gasteiger partial charge in [0, 0.05) is 29.8 Å².